The van der Waals surface area contributed by atoms with Gasteiger partial charge in [-0.15, -0.1) is 0 Å². The summed E-state index contributed by atoms with van der Waals surface area (Å²) in [5, 5.41) is 12.8. The van der Waals surface area contributed by atoms with Crippen LogP contribution in [0.2, 0.25) is 0 Å². The molecule has 0 unspecified atom stereocenters. The molecule has 2 aromatic carbocycles. The third-order valence-electron chi connectivity index (χ3n) is 6.36. The largest absolute Gasteiger partial charge is 0.394 e. The van der Waals surface area contributed by atoms with E-state index in [1.165, 1.54) is 12.8 Å². The van der Waals surface area contributed by atoms with Crippen molar-refractivity contribution in [2.24, 2.45) is 5.92 Å². The highest BCUT2D eigenvalue weighted by Crippen LogP contribution is 2.43. The Hall–Kier alpha value is -3.30. The van der Waals surface area contributed by atoms with Crippen molar-refractivity contribution in [2.75, 3.05) is 25.0 Å². The lowest BCUT2D eigenvalue weighted by Gasteiger charge is -2.58. The molecule has 6 nitrogen and oxygen atoms in total. The lowest BCUT2D eigenvalue weighted by Crippen LogP contribution is -2.73. The van der Waals surface area contributed by atoms with E-state index >= 15 is 0 Å². The van der Waals surface area contributed by atoms with E-state index in [0.717, 1.165) is 11.1 Å². The number of aliphatic hydroxyl groups is 1. The molecule has 0 bridgehead atoms. The highest BCUT2D eigenvalue weighted by molar-refractivity contribution is 5.93. The second kappa shape index (κ2) is 8.09. The molecule has 0 radical (unpaired) electrons. The minimum atomic E-state index is -0.281. The highest BCUT2D eigenvalue weighted by atomic mass is 16.3. The lowest BCUT2D eigenvalue weighted by molar-refractivity contribution is -0.159. The van der Waals surface area contributed by atoms with E-state index in [2.05, 4.69) is 17.2 Å². The van der Waals surface area contributed by atoms with Gasteiger partial charge in [-0.3, -0.25) is 4.79 Å². The van der Waals surface area contributed by atoms with Gasteiger partial charge in [0.2, 0.25) is 5.91 Å². The molecule has 1 saturated carbocycles. The van der Waals surface area contributed by atoms with Crippen LogP contribution in [0.4, 0.5) is 10.5 Å². The van der Waals surface area contributed by atoms with Gasteiger partial charge in [0.25, 0.3) is 0 Å². The molecule has 2 aromatic rings. The second-order valence-electron chi connectivity index (χ2n) is 8.49. The zero-order valence-electron chi connectivity index (χ0n) is 17.2. The number of piperazine rings is 1. The molecule has 2 heterocycles. The summed E-state index contributed by atoms with van der Waals surface area (Å²) in [6, 6.07) is 16.6. The number of para-hydroxylation sites is 1. The van der Waals surface area contributed by atoms with Crippen LogP contribution in [0.3, 0.4) is 0 Å². The van der Waals surface area contributed by atoms with Gasteiger partial charge in [0.15, 0.2) is 0 Å². The van der Waals surface area contributed by atoms with Crippen LogP contribution in [0.5, 0.6) is 0 Å². The normalized spacial score (nSPS) is 24.5. The maximum atomic E-state index is 12.8. The number of anilines is 1. The van der Waals surface area contributed by atoms with Crippen LogP contribution in [0.15, 0.2) is 54.6 Å². The number of fused-ring (bicyclic) bond motifs is 1. The molecule has 2 N–H and O–H groups in total. The first-order chi connectivity index (χ1) is 15.1. The first-order valence-electron chi connectivity index (χ1n) is 10.8. The third kappa shape index (κ3) is 3.89. The van der Waals surface area contributed by atoms with Crippen molar-refractivity contribution >= 4 is 17.6 Å². The van der Waals surface area contributed by atoms with E-state index in [9.17, 15) is 14.7 Å². The fourth-order valence-corrected chi connectivity index (χ4v) is 4.58. The fourth-order valence-electron chi connectivity index (χ4n) is 4.58. The van der Waals surface area contributed by atoms with Crippen LogP contribution >= 0.6 is 0 Å². The maximum Gasteiger partial charge on any atom is 0.322 e. The van der Waals surface area contributed by atoms with Gasteiger partial charge in [-0.25, -0.2) is 4.79 Å². The topological polar surface area (TPSA) is 72.9 Å². The van der Waals surface area contributed by atoms with Gasteiger partial charge in [0.05, 0.1) is 18.7 Å². The smallest absolute Gasteiger partial charge is 0.322 e. The zero-order valence-corrected chi connectivity index (χ0v) is 17.2. The molecule has 3 aliphatic rings. The highest BCUT2D eigenvalue weighted by Gasteiger charge is 2.54. The molecule has 2 saturated heterocycles. The Bertz CT molecular complexity index is 1040. The number of rotatable bonds is 3. The number of hydrogen-bond donors (Lipinski definition) is 2. The van der Waals surface area contributed by atoms with Gasteiger partial charge >= 0.3 is 6.03 Å². The van der Waals surface area contributed by atoms with Crippen molar-refractivity contribution < 1.29 is 14.7 Å². The van der Waals surface area contributed by atoms with E-state index in [0.29, 0.717) is 18.2 Å². The first kappa shape index (κ1) is 19.7. The van der Waals surface area contributed by atoms with Crippen LogP contribution in [-0.2, 0) is 4.79 Å². The summed E-state index contributed by atoms with van der Waals surface area (Å²) in [6.07, 6.45) is 2.40. The van der Waals surface area contributed by atoms with E-state index in [1.807, 2.05) is 54.6 Å². The minimum absolute atomic E-state index is 0.00767. The van der Waals surface area contributed by atoms with Crippen molar-refractivity contribution in [3.8, 4) is 11.8 Å². The standard InChI is InChI=1S/C25H25N3O3/c29-16-22-24(19-12-10-18(11-13-19)9-8-17-6-7-17)21-14-27(15-23(30)28(21)22)25(31)26-20-4-2-1-3-5-20/h1-5,10-13,17,21-22,24,29H,6-7,14-16H2,(H,26,31)/t21-,22-,24+/m0/s1. The molecule has 3 amide bonds. The molecule has 31 heavy (non-hydrogen) atoms. The van der Waals surface area contributed by atoms with Gasteiger partial charge in [-0.05, 0) is 42.7 Å². The molecule has 158 valence electrons. The number of hydrogen-bond acceptors (Lipinski definition) is 3. The van der Waals surface area contributed by atoms with E-state index in [-0.39, 0.29) is 43.1 Å². The average molecular weight is 415 g/mol. The summed E-state index contributed by atoms with van der Waals surface area (Å²) >= 11 is 0. The van der Waals surface area contributed by atoms with E-state index < -0.39 is 0 Å². The number of urea groups is 1. The predicted octanol–water partition coefficient (Wildman–Crippen LogP) is 2.65. The zero-order chi connectivity index (χ0) is 21.4. The third-order valence-corrected chi connectivity index (χ3v) is 6.36. The summed E-state index contributed by atoms with van der Waals surface area (Å²) in [7, 11) is 0. The van der Waals surface area contributed by atoms with Crippen molar-refractivity contribution in [1.29, 1.82) is 0 Å². The summed E-state index contributed by atoms with van der Waals surface area (Å²) in [5.41, 5.74) is 2.75. The number of benzene rings is 2. The van der Waals surface area contributed by atoms with Crippen LogP contribution in [0.25, 0.3) is 0 Å². The van der Waals surface area contributed by atoms with Crippen LogP contribution < -0.4 is 5.32 Å². The molecule has 2 aliphatic heterocycles. The van der Waals surface area contributed by atoms with Crippen molar-refractivity contribution in [1.82, 2.24) is 9.80 Å². The van der Waals surface area contributed by atoms with Gasteiger partial charge in [0, 0.05) is 29.6 Å². The SMILES string of the molecule is O=C(Nc1ccccc1)N1CC(=O)N2[C@@H](CO)[C@H](c3ccc(C#CC4CC4)cc3)[C@@H]2C1. The van der Waals surface area contributed by atoms with Gasteiger partial charge < -0.3 is 20.2 Å². The fraction of sp³-hybridized carbons (Fsp3) is 0.360. The molecule has 6 heteroatoms. The monoisotopic (exact) mass is 415 g/mol. The number of amides is 3. The molecule has 3 fully saturated rings. The summed E-state index contributed by atoms with van der Waals surface area (Å²) < 4.78 is 0. The lowest BCUT2D eigenvalue weighted by atomic mass is 9.73. The van der Waals surface area contributed by atoms with Crippen LogP contribution in [0, 0.1) is 17.8 Å². The predicted molar refractivity (Wildman–Crippen MR) is 117 cm³/mol. The quantitative estimate of drug-likeness (QED) is 0.757. The molecule has 0 spiro atoms. The molecule has 3 atom stereocenters. The molecular formula is C25H25N3O3. The van der Waals surface area contributed by atoms with Crippen molar-refractivity contribution in [3.63, 3.8) is 0 Å². The summed E-state index contributed by atoms with van der Waals surface area (Å²) in [6.45, 7) is 0.370. The molecule has 5 rings (SSSR count). The Labute approximate surface area is 181 Å². The Morgan fingerprint density at radius 1 is 1.10 bits per heavy atom. The van der Waals surface area contributed by atoms with Crippen LogP contribution in [-0.4, -0.2) is 58.6 Å². The van der Waals surface area contributed by atoms with E-state index in [4.69, 9.17) is 0 Å². The Kier molecular flexibility index (Phi) is 5.13. The minimum Gasteiger partial charge on any atom is -0.394 e. The average Bonchev–Trinajstić information content (AvgIpc) is 3.60. The number of nitrogens with one attached hydrogen (secondary N) is 1. The van der Waals surface area contributed by atoms with Crippen molar-refractivity contribution in [3.05, 3.63) is 65.7 Å². The van der Waals surface area contributed by atoms with Crippen LogP contribution in [0.1, 0.15) is 29.9 Å². The van der Waals surface area contributed by atoms with E-state index in [1.54, 1.807) is 9.80 Å². The Morgan fingerprint density at radius 2 is 1.84 bits per heavy atom. The number of aliphatic hydroxyl groups excluding tert-OH is 1. The molecule has 1 aliphatic carbocycles. The maximum absolute atomic E-state index is 12.8. The Balaban J connectivity index is 1.31. The summed E-state index contributed by atoms with van der Waals surface area (Å²) in [5.74, 6) is 6.91. The summed E-state index contributed by atoms with van der Waals surface area (Å²) in [4.78, 5) is 28.8. The number of carbonyl (C=O) groups is 2. The number of carbonyl (C=O) groups excluding carboxylic acids is 2. The Morgan fingerprint density at radius 3 is 2.52 bits per heavy atom. The van der Waals surface area contributed by atoms with Gasteiger partial charge in [-0.1, -0.05) is 42.2 Å². The van der Waals surface area contributed by atoms with Crippen molar-refractivity contribution in [2.45, 2.75) is 30.8 Å². The van der Waals surface area contributed by atoms with Gasteiger partial charge in [-0.2, -0.15) is 0 Å². The first-order valence-corrected chi connectivity index (χ1v) is 10.8. The number of nitrogens with zero attached hydrogens (tertiary/aromatic N) is 2. The molecule has 0 aromatic heterocycles. The van der Waals surface area contributed by atoms with Gasteiger partial charge in [0.1, 0.15) is 6.54 Å². The molecular weight excluding hydrogens is 390 g/mol. The second-order valence-corrected chi connectivity index (χ2v) is 8.49.